The Morgan fingerprint density at radius 2 is 1.95 bits per heavy atom. The Morgan fingerprint density at radius 3 is 2.62 bits per heavy atom. The van der Waals surface area contributed by atoms with Gasteiger partial charge >= 0.3 is 5.97 Å². The zero-order valence-electron chi connectivity index (χ0n) is 23.2. The first kappa shape index (κ1) is 30.8. The smallest absolute Gasteiger partial charge is 0.328 e. The predicted molar refractivity (Wildman–Crippen MR) is 143 cm³/mol. The lowest BCUT2D eigenvalue weighted by Crippen LogP contribution is -2.64. The van der Waals surface area contributed by atoms with Crippen LogP contribution in [0.4, 0.5) is 0 Å². The molecule has 1 saturated carbocycles. The summed E-state index contributed by atoms with van der Waals surface area (Å²) in [5, 5.41) is 43.7. The number of rotatable bonds is 11. The molecular weight excluding hydrogens is 522 g/mol. The number of allylic oxidation sites excluding steroid dienone is 3. The van der Waals surface area contributed by atoms with Gasteiger partial charge in [0.15, 0.2) is 12.3 Å². The minimum Gasteiger partial charge on any atom is -0.478 e. The third-order valence-corrected chi connectivity index (χ3v) is 8.76. The van der Waals surface area contributed by atoms with E-state index in [1.807, 2.05) is 13.0 Å². The summed E-state index contributed by atoms with van der Waals surface area (Å²) in [6, 6.07) is 0. The van der Waals surface area contributed by atoms with Gasteiger partial charge in [0, 0.05) is 24.8 Å². The van der Waals surface area contributed by atoms with E-state index in [4.69, 9.17) is 24.1 Å². The summed E-state index contributed by atoms with van der Waals surface area (Å²) >= 11 is 0. The SMILES string of the molecule is C=C1C[C@](O)(C(O)C(=O)NC2OCO[C@@H]3CC4(CC4)C(CC(O)CCC/C=C/C=C/C(=O)O)O[C@H]23)O[C@H](C)[C@@H]1C. The average molecular weight is 566 g/mol. The van der Waals surface area contributed by atoms with Gasteiger partial charge in [-0.1, -0.05) is 37.3 Å². The van der Waals surface area contributed by atoms with Crippen LogP contribution in [0, 0.1) is 11.3 Å². The maximum Gasteiger partial charge on any atom is 0.328 e. The van der Waals surface area contributed by atoms with Crippen molar-refractivity contribution in [3.05, 3.63) is 36.5 Å². The van der Waals surface area contributed by atoms with Gasteiger partial charge in [-0.25, -0.2) is 4.79 Å². The summed E-state index contributed by atoms with van der Waals surface area (Å²) in [5.74, 6) is -3.97. The van der Waals surface area contributed by atoms with Crippen molar-refractivity contribution in [3.63, 3.8) is 0 Å². The summed E-state index contributed by atoms with van der Waals surface area (Å²) in [4.78, 5) is 23.5. The Hall–Kier alpha value is -2.12. The molecule has 1 aliphatic carbocycles. The number of aliphatic carboxylic acids is 1. The summed E-state index contributed by atoms with van der Waals surface area (Å²) in [6.07, 6.45) is 6.10. The first-order chi connectivity index (χ1) is 18.9. The maximum absolute atomic E-state index is 13.0. The van der Waals surface area contributed by atoms with Crippen LogP contribution in [0.5, 0.6) is 0 Å². The van der Waals surface area contributed by atoms with Gasteiger partial charge in [-0.15, -0.1) is 0 Å². The number of amides is 1. The number of carboxylic acids is 1. The predicted octanol–water partition coefficient (Wildman–Crippen LogP) is 1.91. The summed E-state index contributed by atoms with van der Waals surface area (Å²) in [6.45, 7) is 7.58. The van der Waals surface area contributed by atoms with Crippen LogP contribution in [0.15, 0.2) is 36.5 Å². The van der Waals surface area contributed by atoms with Crippen LogP contribution in [0.2, 0.25) is 0 Å². The molecule has 11 nitrogen and oxygen atoms in total. The normalized spacial score (nSPS) is 36.9. The van der Waals surface area contributed by atoms with Gasteiger partial charge in [-0.05, 0) is 50.9 Å². The molecule has 3 saturated heterocycles. The quantitative estimate of drug-likeness (QED) is 0.108. The minimum atomic E-state index is -2.10. The van der Waals surface area contributed by atoms with Crippen molar-refractivity contribution in [2.75, 3.05) is 6.79 Å². The first-order valence-electron chi connectivity index (χ1n) is 14.1. The Balaban J connectivity index is 1.32. The van der Waals surface area contributed by atoms with E-state index in [-0.39, 0.29) is 36.8 Å². The van der Waals surface area contributed by atoms with Crippen LogP contribution in [-0.2, 0) is 28.5 Å². The van der Waals surface area contributed by atoms with Crippen LogP contribution in [0.25, 0.3) is 0 Å². The van der Waals surface area contributed by atoms with Gasteiger partial charge in [0.1, 0.15) is 12.9 Å². The maximum atomic E-state index is 13.0. The van der Waals surface area contributed by atoms with Gasteiger partial charge in [-0.3, -0.25) is 4.79 Å². The van der Waals surface area contributed by atoms with E-state index >= 15 is 0 Å². The van der Waals surface area contributed by atoms with Crippen molar-refractivity contribution < 1.29 is 49.0 Å². The molecule has 4 unspecified atom stereocenters. The highest BCUT2D eigenvalue weighted by atomic mass is 16.7. The topological polar surface area (TPSA) is 164 Å². The van der Waals surface area contributed by atoms with Gasteiger partial charge in [0.05, 0.1) is 24.4 Å². The largest absolute Gasteiger partial charge is 0.478 e. The van der Waals surface area contributed by atoms with Crippen molar-refractivity contribution in [3.8, 4) is 0 Å². The summed E-state index contributed by atoms with van der Waals surface area (Å²) < 4.78 is 23.6. The molecule has 1 amide bonds. The summed E-state index contributed by atoms with van der Waals surface area (Å²) in [7, 11) is 0. The molecule has 3 heterocycles. The molecule has 11 heteroatoms. The van der Waals surface area contributed by atoms with E-state index in [0.717, 1.165) is 25.3 Å². The molecule has 3 aliphatic heterocycles. The number of nitrogens with one attached hydrogen (secondary N) is 1. The van der Waals surface area contributed by atoms with Crippen LogP contribution >= 0.6 is 0 Å². The zero-order valence-corrected chi connectivity index (χ0v) is 23.2. The number of carbonyl (C=O) groups is 2. The van der Waals surface area contributed by atoms with Gasteiger partial charge < -0.3 is 44.7 Å². The van der Waals surface area contributed by atoms with E-state index in [9.17, 15) is 24.9 Å². The van der Waals surface area contributed by atoms with Gasteiger partial charge in [0.25, 0.3) is 5.91 Å². The Bertz CT molecular complexity index is 993. The molecule has 40 heavy (non-hydrogen) atoms. The second-order valence-electron chi connectivity index (χ2n) is 11.7. The van der Waals surface area contributed by atoms with Crippen molar-refractivity contribution >= 4 is 11.9 Å². The second kappa shape index (κ2) is 12.8. The van der Waals surface area contributed by atoms with E-state index in [1.54, 1.807) is 13.0 Å². The van der Waals surface area contributed by atoms with Crippen LogP contribution in [0.1, 0.15) is 65.2 Å². The fourth-order valence-corrected chi connectivity index (χ4v) is 5.92. The van der Waals surface area contributed by atoms with Gasteiger partial charge in [0.2, 0.25) is 5.79 Å². The lowest BCUT2D eigenvalue weighted by Gasteiger charge is -2.48. The van der Waals surface area contributed by atoms with Crippen LogP contribution in [-0.4, -0.2) is 87.7 Å². The third kappa shape index (κ3) is 7.20. The standard InChI is InChI=1S/C29H43NO10/c1-17-14-29(36,40-19(3)18(17)2)25(34)26(35)30-27-24-21(37-16-38-27)15-28(11-12-28)22(39-24)13-20(31)9-7-5-4-6-8-10-23(32)33/h4,6,8,10,18-22,24-25,27,31,34,36H,1,5,7,9,11-16H2,2-3H3,(H,30,35)(H,32,33)/b6-4+,10-8+/t18-,19-,20?,21-,22?,24+,25?,27?,29-/m1/s1. The molecule has 5 N–H and O–H groups in total. The number of aliphatic hydroxyl groups excluding tert-OH is 2. The van der Waals surface area contributed by atoms with Crippen molar-refractivity contribution in [2.45, 2.75) is 114 Å². The second-order valence-corrected chi connectivity index (χ2v) is 11.7. The van der Waals surface area contributed by atoms with E-state index in [2.05, 4.69) is 11.9 Å². The molecule has 0 radical (unpaired) electrons. The van der Waals surface area contributed by atoms with E-state index in [0.29, 0.717) is 31.3 Å². The molecule has 9 atom stereocenters. The van der Waals surface area contributed by atoms with E-state index < -0.39 is 48.3 Å². The monoisotopic (exact) mass is 565 g/mol. The molecule has 4 rings (SSSR count). The van der Waals surface area contributed by atoms with Crippen LogP contribution < -0.4 is 5.32 Å². The molecule has 0 aromatic rings. The number of aliphatic hydroxyl groups is 3. The molecular formula is C29H43NO10. The number of fused-ring (bicyclic) bond motifs is 1. The fourth-order valence-electron chi connectivity index (χ4n) is 5.92. The Morgan fingerprint density at radius 1 is 1.20 bits per heavy atom. The van der Waals surface area contributed by atoms with E-state index in [1.165, 1.54) is 6.08 Å². The molecule has 4 aliphatic rings. The summed E-state index contributed by atoms with van der Waals surface area (Å²) in [5.41, 5.74) is 0.612. The zero-order chi connectivity index (χ0) is 29.1. The minimum absolute atomic E-state index is 0.0229. The molecule has 224 valence electrons. The number of carboxylic acid groups (broad SMARTS) is 1. The number of carbonyl (C=O) groups excluding carboxylic acids is 1. The molecule has 0 aromatic heterocycles. The highest BCUT2D eigenvalue weighted by molar-refractivity contribution is 5.82. The van der Waals surface area contributed by atoms with Crippen molar-refractivity contribution in [1.29, 1.82) is 0 Å². The Kier molecular flexibility index (Phi) is 9.87. The Labute approximate surface area is 234 Å². The lowest BCUT2D eigenvalue weighted by atomic mass is 9.82. The number of ether oxygens (including phenoxy) is 4. The average Bonchev–Trinajstić information content (AvgIpc) is 3.66. The molecule has 4 fully saturated rings. The van der Waals surface area contributed by atoms with Crippen molar-refractivity contribution in [2.24, 2.45) is 11.3 Å². The van der Waals surface area contributed by atoms with Gasteiger partial charge in [-0.2, -0.15) is 0 Å². The lowest BCUT2D eigenvalue weighted by molar-refractivity contribution is -0.298. The fraction of sp³-hybridized carbons (Fsp3) is 0.724. The van der Waals surface area contributed by atoms with Crippen LogP contribution in [0.3, 0.4) is 0 Å². The molecule has 0 bridgehead atoms. The first-order valence-corrected chi connectivity index (χ1v) is 14.1. The molecule has 0 aromatic carbocycles. The highest BCUT2D eigenvalue weighted by Gasteiger charge is 2.59. The number of hydrogen-bond acceptors (Lipinski definition) is 9. The van der Waals surface area contributed by atoms with Crippen molar-refractivity contribution in [1.82, 2.24) is 5.32 Å². The molecule has 1 spiro atoms. The number of unbranched alkanes of at least 4 members (excludes halogenated alkanes) is 1. The third-order valence-electron chi connectivity index (χ3n) is 8.76. The number of hydrogen-bond donors (Lipinski definition) is 5. The highest BCUT2D eigenvalue weighted by Crippen LogP contribution is 2.58.